The first kappa shape index (κ1) is 22.8. The zero-order valence-corrected chi connectivity index (χ0v) is 17.8. The zero-order valence-electron chi connectivity index (χ0n) is 16.2. The lowest BCUT2D eigenvalue weighted by molar-refractivity contribution is -0.238. The highest BCUT2D eigenvalue weighted by Crippen LogP contribution is 2.28. The fourth-order valence-electron chi connectivity index (χ4n) is 2.80. The zero-order chi connectivity index (χ0) is 22.1. The molecule has 1 heterocycles. The van der Waals surface area contributed by atoms with Gasteiger partial charge in [-0.2, -0.15) is 16.8 Å². The molecule has 30 heavy (non-hydrogen) atoms. The van der Waals surface area contributed by atoms with Crippen LogP contribution in [0.5, 0.6) is 0 Å². The van der Waals surface area contributed by atoms with Crippen LogP contribution in [0, 0.1) is 13.8 Å². The molecular weight excluding hydrogens is 436 g/mol. The molecule has 1 aliphatic heterocycles. The van der Waals surface area contributed by atoms with Gasteiger partial charge in [-0.3, -0.25) is 8.37 Å². The lowest BCUT2D eigenvalue weighted by Gasteiger charge is -2.36. The average molecular weight is 459 g/mol. The van der Waals surface area contributed by atoms with Crippen LogP contribution in [0.1, 0.15) is 11.1 Å². The lowest BCUT2D eigenvalue weighted by Crippen LogP contribution is -2.56. The van der Waals surface area contributed by atoms with Crippen LogP contribution in [0.4, 0.5) is 0 Å². The Hall–Kier alpha value is -1.86. The maximum Gasteiger partial charge on any atom is 0.297 e. The highest BCUT2D eigenvalue weighted by Gasteiger charge is 2.46. The summed E-state index contributed by atoms with van der Waals surface area (Å²) >= 11 is 0. The second kappa shape index (κ2) is 8.71. The van der Waals surface area contributed by atoms with Crippen LogP contribution in [0.25, 0.3) is 0 Å². The van der Waals surface area contributed by atoms with E-state index in [0.29, 0.717) is 0 Å². The van der Waals surface area contributed by atoms with Crippen molar-refractivity contribution in [1.82, 2.24) is 0 Å². The van der Waals surface area contributed by atoms with Gasteiger partial charge in [0.25, 0.3) is 20.2 Å². The van der Waals surface area contributed by atoms with Gasteiger partial charge in [0.1, 0.15) is 12.2 Å². The van der Waals surface area contributed by atoms with Crippen LogP contribution in [0.15, 0.2) is 58.3 Å². The van der Waals surface area contributed by atoms with Crippen molar-refractivity contribution in [3.8, 4) is 0 Å². The molecule has 0 spiro atoms. The van der Waals surface area contributed by atoms with Crippen molar-refractivity contribution in [2.45, 2.75) is 48.2 Å². The summed E-state index contributed by atoms with van der Waals surface area (Å²) in [6, 6.07) is 11.4. The minimum absolute atomic E-state index is 0.193. The minimum atomic E-state index is -4.42. The lowest BCUT2D eigenvalue weighted by atomic mass is 10.1. The van der Waals surface area contributed by atoms with Crippen molar-refractivity contribution < 1.29 is 40.2 Å². The molecule has 1 saturated heterocycles. The molecule has 0 aliphatic carbocycles. The molecule has 0 aromatic heterocycles. The first-order valence-electron chi connectivity index (χ1n) is 8.97. The van der Waals surface area contributed by atoms with Gasteiger partial charge in [0.05, 0.1) is 16.4 Å². The van der Waals surface area contributed by atoms with Crippen LogP contribution in [-0.2, 0) is 33.3 Å². The Morgan fingerprint density at radius 2 is 1.17 bits per heavy atom. The molecule has 0 saturated carbocycles. The Bertz CT molecular complexity index is 988. The molecular formula is C19H22O9S2. The Morgan fingerprint density at radius 1 is 0.767 bits per heavy atom. The summed E-state index contributed by atoms with van der Waals surface area (Å²) in [5, 5.41) is 20.3. The van der Waals surface area contributed by atoms with Crippen LogP contribution >= 0.6 is 0 Å². The predicted molar refractivity (Wildman–Crippen MR) is 104 cm³/mol. The number of ether oxygens (including phenoxy) is 1. The molecule has 2 aromatic carbocycles. The fourth-order valence-corrected chi connectivity index (χ4v) is 4.99. The van der Waals surface area contributed by atoms with Gasteiger partial charge in [0, 0.05) is 0 Å². The van der Waals surface area contributed by atoms with Crippen molar-refractivity contribution in [2.24, 2.45) is 0 Å². The van der Waals surface area contributed by atoms with Crippen LogP contribution in [-0.4, -0.2) is 58.3 Å². The van der Waals surface area contributed by atoms with Gasteiger partial charge in [-0.15, -0.1) is 0 Å². The molecule has 1 aliphatic rings. The van der Waals surface area contributed by atoms with E-state index in [1.54, 1.807) is 38.1 Å². The molecule has 11 heteroatoms. The van der Waals surface area contributed by atoms with Gasteiger partial charge >= 0.3 is 0 Å². The molecule has 0 unspecified atom stereocenters. The van der Waals surface area contributed by atoms with E-state index in [4.69, 9.17) is 13.1 Å². The number of aliphatic hydroxyl groups is 2. The Morgan fingerprint density at radius 3 is 1.60 bits per heavy atom. The summed E-state index contributed by atoms with van der Waals surface area (Å²) in [7, 11) is -8.81. The summed E-state index contributed by atoms with van der Waals surface area (Å²) in [6.45, 7) is 3.07. The fraction of sp³-hybridized carbons (Fsp3) is 0.368. The highest BCUT2D eigenvalue weighted by atomic mass is 32.2. The van der Waals surface area contributed by atoms with Crippen molar-refractivity contribution in [1.29, 1.82) is 0 Å². The van der Waals surface area contributed by atoms with Crippen LogP contribution in [0.3, 0.4) is 0 Å². The second-order valence-electron chi connectivity index (χ2n) is 6.95. The van der Waals surface area contributed by atoms with E-state index in [-0.39, 0.29) is 9.79 Å². The third-order valence-electron chi connectivity index (χ3n) is 4.52. The van der Waals surface area contributed by atoms with Gasteiger partial charge in [-0.1, -0.05) is 35.4 Å². The largest absolute Gasteiger partial charge is 0.388 e. The van der Waals surface area contributed by atoms with E-state index in [1.165, 1.54) is 24.3 Å². The predicted octanol–water partition coefficient (Wildman–Crippen LogP) is 0.861. The maximum absolute atomic E-state index is 12.6. The van der Waals surface area contributed by atoms with Gasteiger partial charge in [0.2, 0.25) is 0 Å². The third-order valence-corrected chi connectivity index (χ3v) is 7.17. The number of hydrogen-bond donors (Lipinski definition) is 2. The molecule has 2 N–H and O–H groups in total. The second-order valence-corrected chi connectivity index (χ2v) is 10.1. The monoisotopic (exact) mass is 458 g/mol. The standard InChI is InChI=1S/C19H22O9S2/c1-12-3-7-14(8-4-12)29(22,23)27-17-16(20)11-26-19(21)18(17)28-30(24,25)15-9-5-13(2)6-10-15/h3-10,16-21H,11H2,1-2H3/t16-,17-,18+,19+/m0/s1. The maximum atomic E-state index is 12.6. The van der Waals surface area contributed by atoms with Crippen molar-refractivity contribution >= 4 is 20.2 Å². The molecule has 1 fully saturated rings. The van der Waals surface area contributed by atoms with Crippen LogP contribution < -0.4 is 0 Å². The van der Waals surface area contributed by atoms with Crippen LogP contribution in [0.2, 0.25) is 0 Å². The number of benzene rings is 2. The Labute approximate surface area is 175 Å². The van der Waals surface area contributed by atoms with Gasteiger partial charge < -0.3 is 14.9 Å². The van der Waals surface area contributed by atoms with E-state index in [1.807, 2.05) is 0 Å². The summed E-state index contributed by atoms with van der Waals surface area (Å²) in [4.78, 5) is -0.401. The van der Waals surface area contributed by atoms with E-state index < -0.39 is 51.4 Å². The van der Waals surface area contributed by atoms with Crippen molar-refractivity contribution in [3.63, 3.8) is 0 Å². The minimum Gasteiger partial charge on any atom is -0.388 e. The van der Waals surface area contributed by atoms with E-state index in [0.717, 1.165) is 11.1 Å². The smallest absolute Gasteiger partial charge is 0.297 e. The SMILES string of the molecule is Cc1ccc(S(=O)(=O)O[C@@H]2[C@@H](OS(=O)(=O)c3ccc(C)cc3)[C@@H](O)CO[C@H]2O)cc1. The first-order valence-corrected chi connectivity index (χ1v) is 11.8. The Balaban J connectivity index is 1.89. The molecule has 9 nitrogen and oxygen atoms in total. The summed E-state index contributed by atoms with van der Waals surface area (Å²) < 4.78 is 65.5. The summed E-state index contributed by atoms with van der Waals surface area (Å²) in [6.07, 6.45) is -6.95. The van der Waals surface area contributed by atoms with Crippen molar-refractivity contribution in [2.75, 3.05) is 6.61 Å². The summed E-state index contributed by atoms with van der Waals surface area (Å²) in [5.74, 6) is 0. The average Bonchev–Trinajstić information content (AvgIpc) is 2.68. The van der Waals surface area contributed by atoms with E-state index in [9.17, 15) is 27.0 Å². The molecule has 2 aromatic rings. The topological polar surface area (TPSA) is 136 Å². The molecule has 0 radical (unpaired) electrons. The van der Waals surface area contributed by atoms with Crippen molar-refractivity contribution in [3.05, 3.63) is 59.7 Å². The van der Waals surface area contributed by atoms with E-state index in [2.05, 4.69) is 0 Å². The summed E-state index contributed by atoms with van der Waals surface area (Å²) in [5.41, 5.74) is 1.64. The van der Waals surface area contributed by atoms with Gasteiger partial charge in [-0.05, 0) is 38.1 Å². The normalized spacial score (nSPS) is 25.2. The van der Waals surface area contributed by atoms with E-state index >= 15 is 0 Å². The third kappa shape index (κ3) is 5.06. The number of hydrogen-bond acceptors (Lipinski definition) is 9. The quantitative estimate of drug-likeness (QED) is 0.604. The molecule has 164 valence electrons. The molecule has 4 atom stereocenters. The number of aryl methyl sites for hydroxylation is 2. The van der Waals surface area contributed by atoms with Gasteiger partial charge in [0.15, 0.2) is 12.4 Å². The molecule has 3 rings (SSSR count). The molecule has 0 bridgehead atoms. The number of aliphatic hydroxyl groups excluding tert-OH is 2. The number of rotatable bonds is 6. The molecule has 0 amide bonds. The highest BCUT2D eigenvalue weighted by molar-refractivity contribution is 7.87. The van der Waals surface area contributed by atoms with Gasteiger partial charge in [-0.25, -0.2) is 0 Å². The first-order chi connectivity index (χ1) is 14.0. The Kier molecular flexibility index (Phi) is 6.63.